The van der Waals surface area contributed by atoms with E-state index in [0.717, 1.165) is 16.6 Å². The predicted octanol–water partition coefficient (Wildman–Crippen LogP) is 3.66. The number of para-hydroxylation sites is 1. The minimum atomic E-state index is -0.275. The number of aryl methyl sites for hydroxylation is 1. The molecule has 5 nitrogen and oxygen atoms in total. The second-order valence-electron chi connectivity index (χ2n) is 5.70. The average Bonchev–Trinajstić information content (AvgIpc) is 2.70. The number of ether oxygens (including phenoxy) is 2. The van der Waals surface area contributed by atoms with E-state index in [4.69, 9.17) is 14.7 Å². The number of hydrogen-bond acceptors (Lipinski definition) is 5. The fourth-order valence-electron chi connectivity index (χ4n) is 2.49. The molecule has 3 aromatic rings. The van der Waals surface area contributed by atoms with Crippen molar-refractivity contribution in [3.05, 3.63) is 71.9 Å². The number of nitriles is 1. The summed E-state index contributed by atoms with van der Waals surface area (Å²) in [6, 6.07) is 20.7. The molecule has 0 aliphatic rings. The number of rotatable bonds is 7. The third-order valence-corrected chi connectivity index (χ3v) is 3.84. The number of benzene rings is 2. The van der Waals surface area contributed by atoms with Gasteiger partial charge in [-0.15, -0.1) is 0 Å². The lowest BCUT2D eigenvalue weighted by Gasteiger charge is -2.07. The maximum atomic E-state index is 11.8. The van der Waals surface area contributed by atoms with Crippen LogP contribution in [0.4, 0.5) is 0 Å². The quantitative estimate of drug-likeness (QED) is 0.482. The molecule has 0 atom stereocenters. The fourth-order valence-corrected chi connectivity index (χ4v) is 2.49. The highest BCUT2D eigenvalue weighted by Crippen LogP contribution is 2.13. The third-order valence-electron chi connectivity index (χ3n) is 3.84. The van der Waals surface area contributed by atoms with Crippen molar-refractivity contribution in [1.82, 2.24) is 4.98 Å². The molecule has 0 aliphatic carbocycles. The Morgan fingerprint density at radius 3 is 2.62 bits per heavy atom. The Morgan fingerprint density at radius 1 is 1.00 bits per heavy atom. The monoisotopic (exact) mass is 346 g/mol. The van der Waals surface area contributed by atoms with Gasteiger partial charge < -0.3 is 9.47 Å². The van der Waals surface area contributed by atoms with Crippen LogP contribution < -0.4 is 4.74 Å². The summed E-state index contributed by atoms with van der Waals surface area (Å²) in [7, 11) is 0. The first-order chi connectivity index (χ1) is 12.7. The van der Waals surface area contributed by atoms with Crippen molar-refractivity contribution in [2.24, 2.45) is 0 Å². The first-order valence-electron chi connectivity index (χ1n) is 8.38. The zero-order valence-corrected chi connectivity index (χ0v) is 14.2. The molecule has 1 heterocycles. The minimum absolute atomic E-state index is 0.185. The maximum absolute atomic E-state index is 11.8. The summed E-state index contributed by atoms with van der Waals surface area (Å²) in [4.78, 5) is 16.4. The molecule has 3 rings (SSSR count). The number of carbonyl (C=O) groups excluding carboxylic acids is 1. The van der Waals surface area contributed by atoms with E-state index in [-0.39, 0.29) is 25.6 Å². The minimum Gasteiger partial charge on any atom is -0.490 e. The highest BCUT2D eigenvalue weighted by Gasteiger charge is 2.06. The van der Waals surface area contributed by atoms with Gasteiger partial charge in [-0.3, -0.25) is 9.78 Å². The average molecular weight is 346 g/mol. The van der Waals surface area contributed by atoms with E-state index in [9.17, 15) is 4.79 Å². The summed E-state index contributed by atoms with van der Waals surface area (Å²) in [5.74, 6) is 0.365. The normalized spacial score (nSPS) is 10.3. The largest absolute Gasteiger partial charge is 0.490 e. The van der Waals surface area contributed by atoms with E-state index in [2.05, 4.69) is 4.98 Å². The second kappa shape index (κ2) is 8.63. The number of hydrogen-bond donors (Lipinski definition) is 0. The molecular formula is C21H18N2O3. The summed E-state index contributed by atoms with van der Waals surface area (Å²) >= 11 is 0. The molecule has 130 valence electrons. The zero-order chi connectivity index (χ0) is 18.2. The maximum Gasteiger partial charge on any atom is 0.306 e. The van der Waals surface area contributed by atoms with Crippen molar-refractivity contribution in [2.75, 3.05) is 13.2 Å². The summed E-state index contributed by atoms with van der Waals surface area (Å²) in [5.41, 5.74) is 2.37. The Kier molecular flexibility index (Phi) is 5.79. The van der Waals surface area contributed by atoms with Crippen LogP contribution in [0.25, 0.3) is 10.9 Å². The van der Waals surface area contributed by atoms with Crippen molar-refractivity contribution < 1.29 is 14.3 Å². The molecule has 2 aromatic carbocycles. The standard InChI is InChI=1S/C21H18N2O3/c22-15-16-5-10-19(11-6-16)25-13-14-26-21(24)12-9-18-8-7-17-3-1-2-4-20(17)23-18/h1-8,10-11H,9,12-14H2. The highest BCUT2D eigenvalue weighted by molar-refractivity contribution is 5.78. The molecule has 0 N–H and O–H groups in total. The van der Waals surface area contributed by atoms with Crippen molar-refractivity contribution in [3.8, 4) is 11.8 Å². The molecule has 0 amide bonds. The summed E-state index contributed by atoms with van der Waals surface area (Å²) in [6.45, 7) is 0.454. The molecule has 26 heavy (non-hydrogen) atoms. The van der Waals surface area contributed by atoms with Gasteiger partial charge in [0.2, 0.25) is 0 Å². The lowest BCUT2D eigenvalue weighted by atomic mass is 10.1. The zero-order valence-electron chi connectivity index (χ0n) is 14.2. The molecular weight excluding hydrogens is 328 g/mol. The number of aromatic nitrogens is 1. The molecule has 1 aromatic heterocycles. The van der Waals surface area contributed by atoms with Gasteiger partial charge in [0.05, 0.1) is 23.6 Å². The van der Waals surface area contributed by atoms with E-state index in [0.29, 0.717) is 17.7 Å². The molecule has 0 fully saturated rings. The van der Waals surface area contributed by atoms with Crippen LogP contribution in [0, 0.1) is 11.3 Å². The molecule has 0 bridgehead atoms. The second-order valence-corrected chi connectivity index (χ2v) is 5.70. The lowest BCUT2D eigenvalue weighted by Crippen LogP contribution is -2.13. The Hall–Kier alpha value is -3.39. The van der Waals surface area contributed by atoms with Crippen molar-refractivity contribution in [2.45, 2.75) is 12.8 Å². The third kappa shape index (κ3) is 4.81. The molecule has 0 saturated carbocycles. The van der Waals surface area contributed by atoms with E-state index in [1.807, 2.05) is 42.5 Å². The van der Waals surface area contributed by atoms with Crippen LogP contribution in [0.15, 0.2) is 60.7 Å². The van der Waals surface area contributed by atoms with Gasteiger partial charge >= 0.3 is 5.97 Å². The predicted molar refractivity (Wildman–Crippen MR) is 97.7 cm³/mol. The van der Waals surface area contributed by atoms with Crippen LogP contribution in [-0.4, -0.2) is 24.2 Å². The van der Waals surface area contributed by atoms with Gasteiger partial charge in [-0.1, -0.05) is 24.3 Å². The number of carbonyl (C=O) groups is 1. The Bertz CT molecular complexity index is 930. The molecule has 0 radical (unpaired) electrons. The Labute approximate surface area is 151 Å². The Balaban J connectivity index is 1.38. The SMILES string of the molecule is N#Cc1ccc(OCCOC(=O)CCc2ccc3ccccc3n2)cc1. The van der Waals surface area contributed by atoms with E-state index >= 15 is 0 Å². The van der Waals surface area contributed by atoms with E-state index in [1.54, 1.807) is 24.3 Å². The van der Waals surface area contributed by atoms with Gasteiger partial charge in [-0.05, 0) is 36.4 Å². The van der Waals surface area contributed by atoms with Crippen molar-refractivity contribution in [3.63, 3.8) is 0 Å². The summed E-state index contributed by atoms with van der Waals surface area (Å²) < 4.78 is 10.6. The highest BCUT2D eigenvalue weighted by atomic mass is 16.6. The van der Waals surface area contributed by atoms with E-state index in [1.165, 1.54) is 0 Å². The smallest absolute Gasteiger partial charge is 0.306 e. The molecule has 0 spiro atoms. The number of esters is 1. The fraction of sp³-hybridized carbons (Fsp3) is 0.190. The van der Waals surface area contributed by atoms with Gasteiger partial charge in [0, 0.05) is 17.5 Å². The molecule has 0 saturated heterocycles. The van der Waals surface area contributed by atoms with Gasteiger partial charge in [-0.2, -0.15) is 5.26 Å². The van der Waals surface area contributed by atoms with Crippen molar-refractivity contribution in [1.29, 1.82) is 5.26 Å². The lowest BCUT2D eigenvalue weighted by molar-refractivity contribution is -0.144. The summed E-state index contributed by atoms with van der Waals surface area (Å²) in [5, 5.41) is 9.82. The van der Waals surface area contributed by atoms with Crippen molar-refractivity contribution >= 4 is 16.9 Å². The van der Waals surface area contributed by atoms with Gasteiger partial charge in [0.1, 0.15) is 19.0 Å². The number of nitrogens with zero attached hydrogens (tertiary/aromatic N) is 2. The number of fused-ring (bicyclic) bond motifs is 1. The van der Waals surface area contributed by atoms with Crippen LogP contribution in [0.2, 0.25) is 0 Å². The molecule has 5 heteroatoms. The number of pyridine rings is 1. The van der Waals surface area contributed by atoms with Crippen LogP contribution in [0.3, 0.4) is 0 Å². The van der Waals surface area contributed by atoms with Crippen LogP contribution >= 0.6 is 0 Å². The van der Waals surface area contributed by atoms with Gasteiger partial charge in [-0.25, -0.2) is 0 Å². The van der Waals surface area contributed by atoms with Crippen LogP contribution in [0.1, 0.15) is 17.7 Å². The topological polar surface area (TPSA) is 72.2 Å². The first-order valence-corrected chi connectivity index (χ1v) is 8.38. The Morgan fingerprint density at radius 2 is 1.81 bits per heavy atom. The van der Waals surface area contributed by atoms with Crippen LogP contribution in [-0.2, 0) is 16.0 Å². The first kappa shape index (κ1) is 17.4. The van der Waals surface area contributed by atoms with Gasteiger partial charge in [0.25, 0.3) is 0 Å². The molecule has 0 aliphatic heterocycles. The van der Waals surface area contributed by atoms with E-state index < -0.39 is 0 Å². The van der Waals surface area contributed by atoms with Crippen LogP contribution in [0.5, 0.6) is 5.75 Å². The van der Waals surface area contributed by atoms with Gasteiger partial charge in [0.15, 0.2) is 0 Å². The molecule has 0 unspecified atom stereocenters. The summed E-state index contributed by atoms with van der Waals surface area (Å²) in [6.07, 6.45) is 0.822.